The molecule has 6 nitrogen and oxygen atoms in total. The molecule has 0 atom stereocenters. The first-order valence-electron chi connectivity index (χ1n) is 8.77. The van der Waals surface area contributed by atoms with Gasteiger partial charge in [-0.1, -0.05) is 58.4 Å². The summed E-state index contributed by atoms with van der Waals surface area (Å²) in [6.45, 7) is 0.393. The van der Waals surface area contributed by atoms with E-state index in [9.17, 15) is 9.59 Å². The Hall–Kier alpha value is -3.45. The first-order chi connectivity index (χ1) is 14.1. The summed E-state index contributed by atoms with van der Waals surface area (Å²) in [7, 11) is 0. The molecule has 0 aromatic heterocycles. The first kappa shape index (κ1) is 20.3. The summed E-state index contributed by atoms with van der Waals surface area (Å²) >= 11 is 3.40. The van der Waals surface area contributed by atoms with Crippen molar-refractivity contribution in [1.82, 2.24) is 5.43 Å². The van der Waals surface area contributed by atoms with Gasteiger partial charge in [0.25, 0.3) is 0 Å². The zero-order chi connectivity index (χ0) is 20.5. The van der Waals surface area contributed by atoms with E-state index in [0.29, 0.717) is 23.6 Å². The van der Waals surface area contributed by atoms with Crippen molar-refractivity contribution in [1.29, 1.82) is 0 Å². The highest BCUT2D eigenvalue weighted by molar-refractivity contribution is 9.10. The van der Waals surface area contributed by atoms with Crippen LogP contribution in [0.3, 0.4) is 0 Å². The van der Waals surface area contributed by atoms with E-state index in [1.54, 1.807) is 30.3 Å². The molecule has 3 aromatic carbocycles. The van der Waals surface area contributed by atoms with Crippen molar-refractivity contribution in [2.75, 3.05) is 5.32 Å². The van der Waals surface area contributed by atoms with Crippen molar-refractivity contribution < 1.29 is 14.3 Å². The zero-order valence-corrected chi connectivity index (χ0v) is 16.9. The summed E-state index contributed by atoms with van der Waals surface area (Å²) in [5.41, 5.74) is 4.44. The van der Waals surface area contributed by atoms with Crippen LogP contribution in [0.25, 0.3) is 0 Å². The molecule has 0 radical (unpaired) electrons. The van der Waals surface area contributed by atoms with Crippen molar-refractivity contribution in [3.63, 3.8) is 0 Å². The molecule has 7 heteroatoms. The number of anilines is 1. The van der Waals surface area contributed by atoms with Gasteiger partial charge in [-0.3, -0.25) is 9.59 Å². The molecule has 146 valence electrons. The Kier molecular flexibility index (Phi) is 7.13. The molecule has 29 heavy (non-hydrogen) atoms. The topological polar surface area (TPSA) is 79.8 Å². The van der Waals surface area contributed by atoms with Gasteiger partial charge in [-0.05, 0) is 42.0 Å². The fourth-order valence-electron chi connectivity index (χ4n) is 2.38. The standard InChI is InChI=1S/C22H18BrN3O3/c23-18-12-10-16(11-13-18)15-29-20-9-5-4-6-17(20)14-24-26-22(28)21(27)25-19-7-2-1-3-8-19/h1-14H,15H2,(H,25,27)(H,26,28)/b24-14+. The fraction of sp³-hybridized carbons (Fsp3) is 0.0455. The molecule has 3 aromatic rings. The van der Waals surface area contributed by atoms with E-state index >= 15 is 0 Å². The lowest BCUT2D eigenvalue weighted by molar-refractivity contribution is -0.136. The Balaban J connectivity index is 1.56. The Bertz CT molecular complexity index is 1010. The summed E-state index contributed by atoms with van der Waals surface area (Å²) in [5.74, 6) is -1.05. The Morgan fingerprint density at radius 2 is 1.59 bits per heavy atom. The molecule has 0 aliphatic heterocycles. The minimum atomic E-state index is -0.863. The van der Waals surface area contributed by atoms with E-state index in [0.717, 1.165) is 10.0 Å². The molecule has 0 fully saturated rings. The second kappa shape index (κ2) is 10.2. The van der Waals surface area contributed by atoms with Crippen molar-refractivity contribution in [2.24, 2.45) is 5.10 Å². The van der Waals surface area contributed by atoms with Crippen LogP contribution in [0.5, 0.6) is 5.75 Å². The number of hydrogen-bond acceptors (Lipinski definition) is 4. The van der Waals surface area contributed by atoms with Crippen LogP contribution in [-0.4, -0.2) is 18.0 Å². The van der Waals surface area contributed by atoms with E-state index in [1.807, 2.05) is 48.5 Å². The van der Waals surface area contributed by atoms with Crippen molar-refractivity contribution in [2.45, 2.75) is 6.61 Å². The van der Waals surface area contributed by atoms with Crippen LogP contribution >= 0.6 is 15.9 Å². The number of amides is 2. The third-order valence-electron chi connectivity index (χ3n) is 3.83. The highest BCUT2D eigenvalue weighted by Gasteiger charge is 2.12. The number of hydrogen-bond donors (Lipinski definition) is 2. The van der Waals surface area contributed by atoms with Gasteiger partial charge in [0.2, 0.25) is 0 Å². The lowest BCUT2D eigenvalue weighted by Crippen LogP contribution is -2.32. The van der Waals surface area contributed by atoms with Gasteiger partial charge in [0, 0.05) is 15.7 Å². The van der Waals surface area contributed by atoms with E-state index < -0.39 is 11.8 Å². The van der Waals surface area contributed by atoms with Crippen molar-refractivity contribution in [3.8, 4) is 5.75 Å². The molecule has 2 amide bonds. The number of benzene rings is 3. The molecule has 0 spiro atoms. The predicted molar refractivity (Wildman–Crippen MR) is 116 cm³/mol. The second-order valence-corrected chi connectivity index (χ2v) is 6.89. The largest absolute Gasteiger partial charge is 0.488 e. The van der Waals surface area contributed by atoms with Gasteiger partial charge in [0.05, 0.1) is 6.21 Å². The highest BCUT2D eigenvalue weighted by Crippen LogP contribution is 2.18. The number of nitrogens with zero attached hydrogens (tertiary/aromatic N) is 1. The summed E-state index contributed by atoms with van der Waals surface area (Å²) in [6.07, 6.45) is 1.44. The molecule has 0 heterocycles. The minimum absolute atomic E-state index is 0.393. The van der Waals surface area contributed by atoms with Crippen molar-refractivity contribution in [3.05, 3.63) is 94.5 Å². The SMILES string of the molecule is O=C(N/N=C/c1ccccc1OCc1ccc(Br)cc1)C(=O)Nc1ccccc1. The molecular weight excluding hydrogens is 434 g/mol. The third kappa shape index (κ3) is 6.29. The molecule has 0 bridgehead atoms. The maximum atomic E-state index is 11.9. The van der Waals surface area contributed by atoms with Gasteiger partial charge >= 0.3 is 11.8 Å². The lowest BCUT2D eigenvalue weighted by atomic mass is 10.2. The quantitative estimate of drug-likeness (QED) is 0.336. The zero-order valence-electron chi connectivity index (χ0n) is 15.3. The minimum Gasteiger partial charge on any atom is -0.488 e. The molecule has 0 aliphatic carbocycles. The summed E-state index contributed by atoms with van der Waals surface area (Å²) < 4.78 is 6.85. The first-order valence-corrected chi connectivity index (χ1v) is 9.57. The molecule has 0 saturated heterocycles. The normalized spacial score (nSPS) is 10.5. The van der Waals surface area contributed by atoms with E-state index in [1.165, 1.54) is 6.21 Å². The van der Waals surface area contributed by atoms with Gasteiger partial charge in [-0.15, -0.1) is 0 Å². The fourth-order valence-corrected chi connectivity index (χ4v) is 2.65. The number of hydrazone groups is 1. The van der Waals surface area contributed by atoms with Crippen LogP contribution in [-0.2, 0) is 16.2 Å². The third-order valence-corrected chi connectivity index (χ3v) is 4.36. The van der Waals surface area contributed by atoms with Crippen LogP contribution in [0.1, 0.15) is 11.1 Å². The number of carbonyl (C=O) groups excluding carboxylic acids is 2. The molecule has 0 unspecified atom stereocenters. The molecule has 2 N–H and O–H groups in total. The number of carbonyl (C=O) groups is 2. The number of halogens is 1. The van der Waals surface area contributed by atoms with Crippen LogP contribution in [0.15, 0.2) is 88.4 Å². The number of para-hydroxylation sites is 2. The summed E-state index contributed by atoms with van der Waals surface area (Å²) in [5, 5.41) is 6.35. The smallest absolute Gasteiger partial charge is 0.329 e. The monoisotopic (exact) mass is 451 g/mol. The van der Waals surface area contributed by atoms with Crippen LogP contribution in [0, 0.1) is 0 Å². The van der Waals surface area contributed by atoms with Gasteiger partial charge < -0.3 is 10.1 Å². The Morgan fingerprint density at radius 3 is 2.34 bits per heavy atom. The van der Waals surface area contributed by atoms with E-state index in [-0.39, 0.29) is 0 Å². The average Bonchev–Trinajstić information content (AvgIpc) is 2.75. The highest BCUT2D eigenvalue weighted by atomic mass is 79.9. The average molecular weight is 452 g/mol. The van der Waals surface area contributed by atoms with Crippen molar-refractivity contribution >= 4 is 39.6 Å². The second-order valence-electron chi connectivity index (χ2n) is 5.97. The van der Waals surface area contributed by atoms with Gasteiger partial charge in [-0.2, -0.15) is 5.10 Å². The molecular formula is C22H18BrN3O3. The molecule has 0 saturated carbocycles. The maximum Gasteiger partial charge on any atom is 0.329 e. The molecule has 0 aliphatic rings. The van der Waals surface area contributed by atoms with Gasteiger partial charge in [0.1, 0.15) is 12.4 Å². The maximum absolute atomic E-state index is 11.9. The predicted octanol–water partition coefficient (Wildman–Crippen LogP) is 4.12. The Morgan fingerprint density at radius 1 is 0.897 bits per heavy atom. The van der Waals surface area contributed by atoms with Crippen LogP contribution in [0.2, 0.25) is 0 Å². The summed E-state index contributed by atoms with van der Waals surface area (Å²) in [4.78, 5) is 23.8. The lowest BCUT2D eigenvalue weighted by Gasteiger charge is -2.09. The number of rotatable bonds is 6. The molecule has 3 rings (SSSR count). The van der Waals surface area contributed by atoms with Gasteiger partial charge in [-0.25, -0.2) is 5.43 Å². The van der Waals surface area contributed by atoms with Gasteiger partial charge in [0.15, 0.2) is 0 Å². The Labute approximate surface area is 176 Å². The number of nitrogens with one attached hydrogen (secondary N) is 2. The van der Waals surface area contributed by atoms with Crippen LogP contribution < -0.4 is 15.5 Å². The van der Waals surface area contributed by atoms with Crippen LogP contribution in [0.4, 0.5) is 5.69 Å². The summed E-state index contributed by atoms with van der Waals surface area (Å²) in [6, 6.07) is 23.8. The van der Waals surface area contributed by atoms with E-state index in [4.69, 9.17) is 4.74 Å². The van der Waals surface area contributed by atoms with E-state index in [2.05, 4.69) is 31.8 Å². The number of ether oxygens (including phenoxy) is 1.